The summed E-state index contributed by atoms with van der Waals surface area (Å²) in [7, 11) is 0. The van der Waals surface area contributed by atoms with Crippen LogP contribution in [0, 0.1) is 6.92 Å². The first kappa shape index (κ1) is 11.1. The highest BCUT2D eigenvalue weighted by atomic mass is 16.4. The summed E-state index contributed by atoms with van der Waals surface area (Å²) in [6.45, 7) is 1.54. The van der Waals surface area contributed by atoms with Crippen LogP contribution in [0.15, 0.2) is 33.5 Å². The van der Waals surface area contributed by atoms with Crippen molar-refractivity contribution in [3.63, 3.8) is 0 Å². The Morgan fingerprint density at radius 2 is 1.71 bits per heavy atom. The standard InChI is InChI=1S/C12H10O5/c1-6-4-10(15)11(12(16)17-6)7-2-3-8(13)9(14)5-7/h2-5,13-15H,1H3. The Morgan fingerprint density at radius 3 is 2.29 bits per heavy atom. The lowest BCUT2D eigenvalue weighted by Crippen LogP contribution is -2.03. The molecule has 88 valence electrons. The molecule has 1 aromatic carbocycles. The molecule has 1 aromatic heterocycles. The molecule has 5 heteroatoms. The first-order valence-electron chi connectivity index (χ1n) is 4.85. The van der Waals surface area contributed by atoms with Crippen LogP contribution in [-0.2, 0) is 0 Å². The Morgan fingerprint density at radius 1 is 1.00 bits per heavy atom. The van der Waals surface area contributed by atoms with Crippen molar-refractivity contribution in [3.8, 4) is 28.4 Å². The Balaban J connectivity index is 2.69. The van der Waals surface area contributed by atoms with E-state index in [2.05, 4.69) is 0 Å². The van der Waals surface area contributed by atoms with E-state index in [1.807, 2.05) is 0 Å². The Hall–Kier alpha value is -2.43. The molecule has 0 fully saturated rings. The van der Waals surface area contributed by atoms with Crippen molar-refractivity contribution in [1.29, 1.82) is 0 Å². The van der Waals surface area contributed by atoms with E-state index >= 15 is 0 Å². The van der Waals surface area contributed by atoms with Crippen molar-refractivity contribution < 1.29 is 19.7 Å². The number of aryl methyl sites for hydroxylation is 1. The molecule has 5 nitrogen and oxygen atoms in total. The van der Waals surface area contributed by atoms with Gasteiger partial charge in [0.25, 0.3) is 0 Å². The van der Waals surface area contributed by atoms with Crippen LogP contribution in [-0.4, -0.2) is 15.3 Å². The van der Waals surface area contributed by atoms with Crippen molar-refractivity contribution in [3.05, 3.63) is 40.4 Å². The predicted molar refractivity (Wildman–Crippen MR) is 60.1 cm³/mol. The van der Waals surface area contributed by atoms with Gasteiger partial charge < -0.3 is 19.7 Å². The van der Waals surface area contributed by atoms with E-state index in [0.717, 1.165) is 0 Å². The van der Waals surface area contributed by atoms with Gasteiger partial charge in [0.05, 0.1) is 0 Å². The molecule has 0 radical (unpaired) electrons. The average Bonchev–Trinajstić information content (AvgIpc) is 2.21. The second-order valence-electron chi connectivity index (χ2n) is 3.61. The minimum Gasteiger partial charge on any atom is -0.507 e. The van der Waals surface area contributed by atoms with Crippen LogP contribution in [0.3, 0.4) is 0 Å². The maximum Gasteiger partial charge on any atom is 0.347 e. The number of hydrogen-bond donors (Lipinski definition) is 3. The van der Waals surface area contributed by atoms with Gasteiger partial charge in [-0.2, -0.15) is 0 Å². The van der Waals surface area contributed by atoms with Crippen LogP contribution in [0.5, 0.6) is 17.2 Å². The third-order valence-electron chi connectivity index (χ3n) is 2.32. The molecule has 17 heavy (non-hydrogen) atoms. The number of rotatable bonds is 1. The molecule has 3 N–H and O–H groups in total. The number of aromatic hydroxyl groups is 3. The van der Waals surface area contributed by atoms with E-state index in [4.69, 9.17) is 9.52 Å². The van der Waals surface area contributed by atoms with Gasteiger partial charge in [-0.05, 0) is 24.6 Å². The molecule has 0 aliphatic carbocycles. The monoisotopic (exact) mass is 234 g/mol. The van der Waals surface area contributed by atoms with Crippen molar-refractivity contribution in [1.82, 2.24) is 0 Å². The minimum atomic E-state index is -0.701. The topological polar surface area (TPSA) is 90.9 Å². The van der Waals surface area contributed by atoms with Crippen molar-refractivity contribution >= 4 is 0 Å². The molecule has 0 saturated heterocycles. The Bertz CT molecular complexity index is 627. The van der Waals surface area contributed by atoms with Gasteiger partial charge in [-0.25, -0.2) is 4.79 Å². The fourth-order valence-electron chi connectivity index (χ4n) is 1.54. The molecule has 0 saturated carbocycles. The van der Waals surface area contributed by atoms with Gasteiger partial charge in [-0.1, -0.05) is 6.07 Å². The molecule has 0 atom stereocenters. The largest absolute Gasteiger partial charge is 0.507 e. The maximum atomic E-state index is 11.6. The summed E-state index contributed by atoms with van der Waals surface area (Å²) in [6.07, 6.45) is 0. The number of hydrogen-bond acceptors (Lipinski definition) is 5. The fraction of sp³-hybridized carbons (Fsp3) is 0.0833. The predicted octanol–water partition coefficient (Wildman–Crippen LogP) is 1.73. The lowest BCUT2D eigenvalue weighted by molar-refractivity contribution is 0.403. The van der Waals surface area contributed by atoms with Crippen LogP contribution in [0.2, 0.25) is 0 Å². The minimum absolute atomic E-state index is 0.0501. The summed E-state index contributed by atoms with van der Waals surface area (Å²) in [5.41, 5.74) is -0.481. The molecule has 0 aliphatic heterocycles. The summed E-state index contributed by atoms with van der Waals surface area (Å²) in [6, 6.07) is 5.11. The van der Waals surface area contributed by atoms with Gasteiger partial charge >= 0.3 is 5.63 Å². The molecule has 0 bridgehead atoms. The molecule has 2 rings (SSSR count). The lowest BCUT2D eigenvalue weighted by Gasteiger charge is -2.05. The molecule has 0 amide bonds. The highest BCUT2D eigenvalue weighted by Crippen LogP contribution is 2.32. The number of phenols is 2. The average molecular weight is 234 g/mol. The Kier molecular flexibility index (Phi) is 2.51. The summed E-state index contributed by atoms with van der Waals surface area (Å²) in [4.78, 5) is 11.6. The molecule has 0 aliphatic rings. The SMILES string of the molecule is Cc1cc(O)c(-c2ccc(O)c(O)c2)c(=O)o1. The molecule has 2 aromatic rings. The van der Waals surface area contributed by atoms with E-state index in [0.29, 0.717) is 5.76 Å². The van der Waals surface area contributed by atoms with E-state index in [-0.39, 0.29) is 28.4 Å². The first-order valence-corrected chi connectivity index (χ1v) is 4.85. The van der Waals surface area contributed by atoms with Crippen LogP contribution < -0.4 is 5.63 Å². The maximum absolute atomic E-state index is 11.6. The van der Waals surface area contributed by atoms with Crippen molar-refractivity contribution in [2.45, 2.75) is 6.92 Å². The third kappa shape index (κ3) is 1.94. The highest BCUT2D eigenvalue weighted by molar-refractivity contribution is 5.71. The van der Waals surface area contributed by atoms with E-state index in [1.54, 1.807) is 6.92 Å². The summed E-state index contributed by atoms with van der Waals surface area (Å²) in [5, 5.41) is 28.2. The quantitative estimate of drug-likeness (QED) is 0.653. The smallest absolute Gasteiger partial charge is 0.347 e. The lowest BCUT2D eigenvalue weighted by atomic mass is 10.1. The van der Waals surface area contributed by atoms with Gasteiger partial charge in [0.15, 0.2) is 11.5 Å². The zero-order chi connectivity index (χ0) is 12.6. The zero-order valence-corrected chi connectivity index (χ0v) is 8.97. The van der Waals surface area contributed by atoms with Crippen LogP contribution >= 0.6 is 0 Å². The second kappa shape index (κ2) is 3.86. The van der Waals surface area contributed by atoms with Crippen molar-refractivity contribution in [2.75, 3.05) is 0 Å². The van der Waals surface area contributed by atoms with Crippen LogP contribution in [0.4, 0.5) is 0 Å². The molecule has 0 unspecified atom stereocenters. The number of phenolic OH excluding ortho intramolecular Hbond substituents is 2. The number of benzene rings is 1. The summed E-state index contributed by atoms with van der Waals surface area (Å²) in [5.74, 6) is -0.616. The van der Waals surface area contributed by atoms with Gasteiger partial charge in [0.2, 0.25) is 0 Å². The third-order valence-corrected chi connectivity index (χ3v) is 2.32. The highest BCUT2D eigenvalue weighted by Gasteiger charge is 2.13. The first-order chi connectivity index (χ1) is 7.99. The normalized spacial score (nSPS) is 10.4. The van der Waals surface area contributed by atoms with Gasteiger partial charge in [0.1, 0.15) is 17.1 Å². The van der Waals surface area contributed by atoms with Gasteiger partial charge in [-0.3, -0.25) is 0 Å². The fourth-order valence-corrected chi connectivity index (χ4v) is 1.54. The van der Waals surface area contributed by atoms with E-state index < -0.39 is 5.63 Å². The molecule has 1 heterocycles. The zero-order valence-electron chi connectivity index (χ0n) is 8.97. The van der Waals surface area contributed by atoms with E-state index in [9.17, 15) is 15.0 Å². The van der Waals surface area contributed by atoms with Gasteiger partial charge in [-0.15, -0.1) is 0 Å². The second-order valence-corrected chi connectivity index (χ2v) is 3.61. The summed E-state index contributed by atoms with van der Waals surface area (Å²) >= 11 is 0. The summed E-state index contributed by atoms with van der Waals surface area (Å²) < 4.78 is 4.85. The molecule has 0 spiro atoms. The van der Waals surface area contributed by atoms with E-state index in [1.165, 1.54) is 24.3 Å². The van der Waals surface area contributed by atoms with Gasteiger partial charge in [0, 0.05) is 6.07 Å². The van der Waals surface area contributed by atoms with Crippen molar-refractivity contribution in [2.24, 2.45) is 0 Å². The Labute approximate surface area is 96.2 Å². The molecular formula is C12H10O5. The molecular weight excluding hydrogens is 224 g/mol. The van der Waals surface area contributed by atoms with Crippen LogP contribution in [0.25, 0.3) is 11.1 Å². The van der Waals surface area contributed by atoms with Crippen LogP contribution in [0.1, 0.15) is 5.76 Å².